The van der Waals surface area contributed by atoms with E-state index in [4.69, 9.17) is 9.84 Å². The molecule has 2 aromatic heterocycles. The molecule has 2 aromatic rings. The fourth-order valence-electron chi connectivity index (χ4n) is 1.80. The van der Waals surface area contributed by atoms with Crippen molar-refractivity contribution in [3.05, 3.63) is 23.9 Å². The van der Waals surface area contributed by atoms with Gasteiger partial charge in [-0.1, -0.05) is 6.07 Å². The van der Waals surface area contributed by atoms with Gasteiger partial charge in [-0.05, 0) is 34.5 Å². The first-order chi connectivity index (χ1) is 9.75. The van der Waals surface area contributed by atoms with Gasteiger partial charge in [-0.3, -0.25) is 13.8 Å². The van der Waals surface area contributed by atoms with Crippen LogP contribution in [0.5, 0.6) is 5.88 Å². The number of halogens is 1. The zero-order valence-corrected chi connectivity index (χ0v) is 13.3. The molecule has 0 saturated carbocycles. The number of carboxylic acid groups (broad SMARTS) is 1. The predicted octanol–water partition coefficient (Wildman–Crippen LogP) is 1.06. The van der Waals surface area contributed by atoms with E-state index in [0.717, 1.165) is 0 Å². The average molecular weight is 379 g/mol. The van der Waals surface area contributed by atoms with Crippen LogP contribution < -0.4 is 10.2 Å². The third-order valence-electron chi connectivity index (χ3n) is 2.92. The molecule has 1 atom stereocenters. The zero-order chi connectivity index (χ0) is 15.8. The lowest BCUT2D eigenvalue weighted by Crippen LogP contribution is -2.11. The fraction of sp³-hybridized carbons (Fsp3) is 0.273. The summed E-state index contributed by atoms with van der Waals surface area (Å²) >= 11 is 3.02. The van der Waals surface area contributed by atoms with Gasteiger partial charge in [0.15, 0.2) is 0 Å². The van der Waals surface area contributed by atoms with E-state index < -0.39 is 24.9 Å². The summed E-state index contributed by atoms with van der Waals surface area (Å²) in [5, 5.41) is 9.03. The van der Waals surface area contributed by atoms with Crippen molar-refractivity contribution in [3.63, 3.8) is 0 Å². The van der Waals surface area contributed by atoms with Crippen LogP contribution >= 0.6 is 23.5 Å². The maximum absolute atomic E-state index is 11.5. The summed E-state index contributed by atoms with van der Waals surface area (Å²) in [4.78, 5) is 33.5. The molecule has 114 valence electrons. The average Bonchev–Trinajstić information content (AvgIpc) is 2.76. The summed E-state index contributed by atoms with van der Waals surface area (Å²) in [7, 11) is -4.61. The van der Waals surface area contributed by atoms with Crippen LogP contribution in [-0.2, 0) is 9.36 Å². The molecule has 0 aliphatic rings. The summed E-state index contributed by atoms with van der Waals surface area (Å²) in [6.45, 7) is 1.51. The highest BCUT2D eigenvalue weighted by molar-refractivity contribution is 9.09. The first kappa shape index (κ1) is 16.0. The predicted molar refractivity (Wildman–Crippen MR) is 77.3 cm³/mol. The van der Waals surface area contributed by atoms with E-state index >= 15 is 0 Å². The molecular formula is C11H12BrN2O6P. The van der Waals surface area contributed by atoms with Gasteiger partial charge in [-0.2, -0.15) is 0 Å². The van der Waals surface area contributed by atoms with Crippen molar-refractivity contribution in [2.24, 2.45) is 0 Å². The van der Waals surface area contributed by atoms with Crippen molar-refractivity contribution >= 4 is 40.6 Å². The molecule has 0 saturated heterocycles. The Balaban J connectivity index is 2.68. The lowest BCUT2D eigenvalue weighted by molar-refractivity contribution is -0.138. The maximum atomic E-state index is 11.5. The number of imidazole rings is 1. The van der Waals surface area contributed by atoms with Crippen LogP contribution in [0, 0.1) is 0 Å². The Morgan fingerprint density at radius 3 is 2.71 bits per heavy atom. The molecule has 2 rings (SSSR count). The van der Waals surface area contributed by atoms with Crippen LogP contribution in [0.3, 0.4) is 0 Å². The normalized spacial score (nSPS) is 13.3. The molecule has 3 N–H and O–H groups in total. The fourth-order valence-corrected chi connectivity index (χ4v) is 2.67. The van der Waals surface area contributed by atoms with Gasteiger partial charge in [0.05, 0.1) is 5.92 Å². The van der Waals surface area contributed by atoms with Crippen LogP contribution in [0.15, 0.2) is 18.3 Å². The second-order valence-electron chi connectivity index (χ2n) is 4.29. The number of carbonyl (C=O) groups is 1. The molecule has 0 fully saturated rings. The summed E-state index contributed by atoms with van der Waals surface area (Å²) in [5.74, 6) is -1.89. The van der Waals surface area contributed by atoms with Crippen molar-refractivity contribution in [1.82, 2.24) is 9.38 Å². The Bertz CT molecular complexity index is 740. The Kier molecular flexibility index (Phi) is 4.38. The highest BCUT2D eigenvalue weighted by Crippen LogP contribution is 2.37. The molecule has 0 radical (unpaired) electrons. The number of fused-ring (bicyclic) bond motifs is 1. The lowest BCUT2D eigenvalue weighted by atomic mass is 10.0. The maximum Gasteiger partial charge on any atom is 0.380 e. The van der Waals surface area contributed by atoms with Gasteiger partial charge in [0, 0.05) is 6.20 Å². The molecule has 0 aromatic carbocycles. The minimum Gasteiger partial charge on any atom is -0.481 e. The standard InChI is InChI=1S/C11H12BrN2O6P/c1-6(11(15)16)7-2-3-8-13-9(21(17,18)19)10(20-5-12)14(8)4-7/h2-4,6H,5H2,1H3,(H,15,16)(H2,17,18,19). The first-order valence-electron chi connectivity index (χ1n) is 5.75. The number of rotatable bonds is 5. The topological polar surface area (TPSA) is 121 Å². The largest absolute Gasteiger partial charge is 0.481 e. The number of nitrogens with zero attached hydrogens (tertiary/aromatic N) is 2. The Labute approximate surface area is 127 Å². The number of carboxylic acids is 1. The number of ether oxygens (including phenoxy) is 1. The highest BCUT2D eigenvalue weighted by atomic mass is 79.9. The molecule has 0 aliphatic carbocycles. The molecule has 8 nitrogen and oxygen atoms in total. The molecule has 21 heavy (non-hydrogen) atoms. The van der Waals surface area contributed by atoms with Crippen LogP contribution in [-0.4, -0.2) is 35.8 Å². The molecule has 1 unspecified atom stereocenters. The summed E-state index contributed by atoms with van der Waals surface area (Å²) in [6, 6.07) is 3.03. The highest BCUT2D eigenvalue weighted by Gasteiger charge is 2.29. The number of hydrogen-bond acceptors (Lipinski definition) is 4. The lowest BCUT2D eigenvalue weighted by Gasteiger charge is -2.09. The number of hydrogen-bond donors (Lipinski definition) is 3. The van der Waals surface area contributed by atoms with Crippen molar-refractivity contribution < 1.29 is 29.0 Å². The third-order valence-corrected chi connectivity index (χ3v) is 3.99. The number of pyridine rings is 1. The third kappa shape index (κ3) is 3.11. The van der Waals surface area contributed by atoms with Crippen LogP contribution in [0.2, 0.25) is 0 Å². The van der Waals surface area contributed by atoms with Gasteiger partial charge in [0.2, 0.25) is 11.3 Å². The minimum absolute atomic E-state index is 0.00645. The second kappa shape index (κ2) is 5.76. The van der Waals surface area contributed by atoms with E-state index in [1.807, 2.05) is 0 Å². The Morgan fingerprint density at radius 1 is 1.52 bits per heavy atom. The Morgan fingerprint density at radius 2 is 2.19 bits per heavy atom. The van der Waals surface area contributed by atoms with Gasteiger partial charge in [-0.15, -0.1) is 0 Å². The Hall–Kier alpha value is -1.41. The van der Waals surface area contributed by atoms with E-state index in [-0.39, 0.29) is 17.0 Å². The van der Waals surface area contributed by atoms with Crippen molar-refractivity contribution in [2.45, 2.75) is 12.8 Å². The summed E-state index contributed by atoms with van der Waals surface area (Å²) < 4.78 is 18.0. The van der Waals surface area contributed by atoms with E-state index in [2.05, 4.69) is 20.9 Å². The molecule has 0 spiro atoms. The molecule has 2 heterocycles. The molecule has 0 aliphatic heterocycles. The van der Waals surface area contributed by atoms with E-state index in [9.17, 15) is 19.1 Å². The van der Waals surface area contributed by atoms with Crippen LogP contribution in [0.25, 0.3) is 5.65 Å². The van der Waals surface area contributed by atoms with Crippen molar-refractivity contribution in [1.29, 1.82) is 0 Å². The van der Waals surface area contributed by atoms with Gasteiger partial charge < -0.3 is 19.6 Å². The first-order valence-corrected chi connectivity index (χ1v) is 8.48. The molecular weight excluding hydrogens is 367 g/mol. The summed E-state index contributed by atoms with van der Waals surface area (Å²) in [6.07, 6.45) is 1.44. The van der Waals surface area contributed by atoms with Crippen molar-refractivity contribution in [3.8, 4) is 5.88 Å². The quantitative estimate of drug-likeness (QED) is 0.525. The second-order valence-corrected chi connectivity index (χ2v) is 6.26. The number of aliphatic carboxylic acids is 1. The SMILES string of the molecule is CC(C(=O)O)c1ccc2nc(P(=O)(O)O)c(OCBr)n2c1. The smallest absolute Gasteiger partial charge is 0.380 e. The molecule has 0 amide bonds. The molecule has 10 heteroatoms. The van der Waals surface area contributed by atoms with Crippen LogP contribution in [0.4, 0.5) is 0 Å². The van der Waals surface area contributed by atoms with Gasteiger partial charge in [0.25, 0.3) is 0 Å². The number of aromatic nitrogens is 2. The number of alkyl halides is 1. The van der Waals surface area contributed by atoms with Gasteiger partial charge in [0.1, 0.15) is 11.2 Å². The van der Waals surface area contributed by atoms with E-state index in [0.29, 0.717) is 5.56 Å². The van der Waals surface area contributed by atoms with Crippen LogP contribution in [0.1, 0.15) is 18.4 Å². The minimum atomic E-state index is -4.61. The van der Waals surface area contributed by atoms with E-state index in [1.165, 1.54) is 23.6 Å². The van der Waals surface area contributed by atoms with Gasteiger partial charge in [-0.25, -0.2) is 4.98 Å². The van der Waals surface area contributed by atoms with Gasteiger partial charge >= 0.3 is 13.6 Å². The van der Waals surface area contributed by atoms with Crippen molar-refractivity contribution in [2.75, 3.05) is 5.52 Å². The monoisotopic (exact) mass is 378 g/mol. The molecule has 0 bridgehead atoms. The zero-order valence-electron chi connectivity index (χ0n) is 10.8. The van der Waals surface area contributed by atoms with E-state index in [1.54, 1.807) is 6.07 Å². The summed E-state index contributed by atoms with van der Waals surface area (Å²) in [5.41, 5.74) is 0.240.